The molecule has 0 aromatic heterocycles. The van der Waals surface area contributed by atoms with Crippen LogP contribution in [-0.2, 0) is 19.2 Å². The van der Waals surface area contributed by atoms with E-state index in [9.17, 15) is 0 Å². The standard InChI is InChI=1S/C10H15.C8H11.Ti/c1-6-7(2)9(4)10(5)8(6)3;1-2-5-8-6-3-4-7-8;/h1-5H3;3-4,6-7H,2,5H2,1H3;. The first kappa shape index (κ1) is 15.1. The van der Waals surface area contributed by atoms with Crippen LogP contribution in [0.15, 0.2) is 46.6 Å². The number of hydrogen-bond donors (Lipinski definition) is 0. The summed E-state index contributed by atoms with van der Waals surface area (Å²) in [7, 11) is 0. The molecule has 0 aliphatic heterocycles. The van der Waals surface area contributed by atoms with Crippen LogP contribution in [0.4, 0.5) is 0 Å². The van der Waals surface area contributed by atoms with E-state index in [1.54, 1.807) is 22.3 Å². The van der Waals surface area contributed by atoms with Crippen LogP contribution >= 0.6 is 0 Å². The van der Waals surface area contributed by atoms with E-state index < -0.39 is 0 Å². The minimum atomic E-state index is -0.147. The van der Waals surface area contributed by atoms with Crippen molar-refractivity contribution in [2.45, 2.75) is 61.8 Å². The predicted molar refractivity (Wildman–Crippen MR) is 81.0 cm³/mol. The molecular weight excluding hydrogens is 264 g/mol. The summed E-state index contributed by atoms with van der Waals surface area (Å²) >= 11 is -0.147. The van der Waals surface area contributed by atoms with Gasteiger partial charge in [-0.05, 0) is 0 Å². The van der Waals surface area contributed by atoms with E-state index in [0.29, 0.717) is 7.44 Å². The summed E-state index contributed by atoms with van der Waals surface area (Å²) in [4.78, 5) is 0. The van der Waals surface area contributed by atoms with Gasteiger partial charge in [0.05, 0.1) is 0 Å². The van der Waals surface area contributed by atoms with Crippen molar-refractivity contribution in [1.29, 1.82) is 0 Å². The number of rotatable bonds is 4. The van der Waals surface area contributed by atoms with Crippen molar-refractivity contribution in [3.63, 3.8) is 0 Å². The van der Waals surface area contributed by atoms with E-state index in [1.807, 2.05) is 0 Å². The van der Waals surface area contributed by atoms with Crippen LogP contribution in [-0.4, -0.2) is 0 Å². The summed E-state index contributed by atoms with van der Waals surface area (Å²) in [5.74, 6) is 0. The third-order valence-corrected chi connectivity index (χ3v) is 8.82. The van der Waals surface area contributed by atoms with Crippen molar-refractivity contribution in [2.24, 2.45) is 0 Å². The van der Waals surface area contributed by atoms with Crippen LogP contribution in [0.5, 0.6) is 0 Å². The van der Waals surface area contributed by atoms with Crippen molar-refractivity contribution < 1.29 is 19.2 Å². The van der Waals surface area contributed by atoms with E-state index in [2.05, 4.69) is 65.8 Å². The molecule has 19 heavy (non-hydrogen) atoms. The summed E-state index contributed by atoms with van der Waals surface area (Å²) in [6.45, 7) is 14.1. The maximum atomic E-state index is 2.50. The Morgan fingerprint density at radius 3 is 1.84 bits per heavy atom. The zero-order chi connectivity index (χ0) is 14.3. The maximum absolute atomic E-state index is 2.50. The molecule has 0 amide bonds. The summed E-state index contributed by atoms with van der Waals surface area (Å²) in [5, 5.41) is 0. The molecule has 0 heterocycles. The quantitative estimate of drug-likeness (QED) is 0.555. The van der Waals surface area contributed by atoms with Gasteiger partial charge in [0.2, 0.25) is 0 Å². The van der Waals surface area contributed by atoms with Crippen LogP contribution < -0.4 is 0 Å². The van der Waals surface area contributed by atoms with Crippen molar-refractivity contribution >= 4 is 0 Å². The second kappa shape index (κ2) is 5.22. The average Bonchev–Trinajstić information content (AvgIpc) is 2.87. The van der Waals surface area contributed by atoms with Gasteiger partial charge in [-0.15, -0.1) is 0 Å². The normalized spacial score (nSPS) is 23.7. The van der Waals surface area contributed by atoms with Crippen LogP contribution in [0.3, 0.4) is 0 Å². The molecule has 0 saturated carbocycles. The second-order valence-electron chi connectivity index (χ2n) is 6.26. The van der Waals surface area contributed by atoms with Gasteiger partial charge in [-0.1, -0.05) is 0 Å². The van der Waals surface area contributed by atoms with Gasteiger partial charge < -0.3 is 0 Å². The van der Waals surface area contributed by atoms with E-state index >= 15 is 0 Å². The topological polar surface area (TPSA) is 0 Å². The predicted octanol–water partition coefficient (Wildman–Crippen LogP) is 6.02. The van der Waals surface area contributed by atoms with Crippen LogP contribution in [0.1, 0.15) is 54.4 Å². The Kier molecular flexibility index (Phi) is 4.14. The van der Waals surface area contributed by atoms with E-state index in [1.165, 1.54) is 12.8 Å². The molecule has 0 radical (unpaired) electrons. The van der Waals surface area contributed by atoms with Crippen LogP contribution in [0.2, 0.25) is 7.44 Å². The van der Waals surface area contributed by atoms with Crippen molar-refractivity contribution in [2.75, 3.05) is 0 Å². The van der Waals surface area contributed by atoms with E-state index in [4.69, 9.17) is 0 Å². The Hall–Kier alpha value is -0.326. The van der Waals surface area contributed by atoms with Gasteiger partial charge in [0.25, 0.3) is 0 Å². The van der Waals surface area contributed by atoms with E-state index in [0.717, 1.165) is 0 Å². The molecule has 0 aromatic rings. The summed E-state index contributed by atoms with van der Waals surface area (Å²) < 4.78 is 0.763. The monoisotopic (exact) mass is 290 g/mol. The fourth-order valence-corrected chi connectivity index (χ4v) is 7.25. The van der Waals surface area contributed by atoms with Gasteiger partial charge in [0.15, 0.2) is 0 Å². The molecule has 0 unspecified atom stereocenters. The molecule has 0 fully saturated rings. The first-order chi connectivity index (χ1) is 8.86. The first-order valence-electron chi connectivity index (χ1n) is 7.39. The molecule has 102 valence electrons. The average molecular weight is 290 g/mol. The fourth-order valence-electron chi connectivity index (χ4n) is 3.48. The minimum absolute atomic E-state index is 0.147. The molecule has 2 aliphatic rings. The Balaban J connectivity index is 2.37. The third kappa shape index (κ3) is 2.38. The fraction of sp³-hybridized carbons (Fsp3) is 0.556. The molecule has 2 aliphatic carbocycles. The Bertz CT molecular complexity index is 464. The summed E-state index contributed by atoms with van der Waals surface area (Å²) in [6, 6.07) is 0. The molecule has 0 atom stereocenters. The van der Waals surface area contributed by atoms with Crippen LogP contribution in [0.25, 0.3) is 0 Å². The van der Waals surface area contributed by atoms with E-state index in [-0.39, 0.29) is 19.2 Å². The molecule has 0 spiro atoms. The van der Waals surface area contributed by atoms with Crippen LogP contribution in [0, 0.1) is 0 Å². The Morgan fingerprint density at radius 1 is 0.947 bits per heavy atom. The van der Waals surface area contributed by atoms with Crippen molar-refractivity contribution in [3.05, 3.63) is 46.6 Å². The van der Waals surface area contributed by atoms with Gasteiger partial charge in [0.1, 0.15) is 0 Å². The summed E-state index contributed by atoms with van der Waals surface area (Å²) in [6.07, 6.45) is 12.1. The van der Waals surface area contributed by atoms with Crippen molar-refractivity contribution in [1.82, 2.24) is 0 Å². The molecule has 0 N–H and O–H groups in total. The van der Waals surface area contributed by atoms with Gasteiger partial charge in [0, 0.05) is 0 Å². The van der Waals surface area contributed by atoms with Gasteiger partial charge >= 0.3 is 128 Å². The third-order valence-electron chi connectivity index (χ3n) is 5.23. The zero-order valence-electron chi connectivity index (χ0n) is 13.2. The van der Waals surface area contributed by atoms with Crippen molar-refractivity contribution in [3.8, 4) is 0 Å². The number of hydrogen-bond acceptors (Lipinski definition) is 0. The molecule has 0 bridgehead atoms. The van der Waals surface area contributed by atoms with Gasteiger partial charge in [-0.3, -0.25) is 0 Å². The first-order valence-corrected chi connectivity index (χ1v) is 8.95. The SMILES string of the molecule is CCC[C]1([Ti][C]2(C)C(C)=C(C)C(C)=C2C)C=CC=C1. The molecule has 1 heteroatoms. The second-order valence-corrected chi connectivity index (χ2v) is 9.66. The molecule has 2 rings (SSSR count). The zero-order valence-corrected chi connectivity index (χ0v) is 14.8. The summed E-state index contributed by atoms with van der Waals surface area (Å²) in [5.41, 5.74) is 6.35. The number of allylic oxidation sites excluding steroid dienone is 8. The van der Waals surface area contributed by atoms with Gasteiger partial charge in [-0.2, -0.15) is 0 Å². The molecular formula is C18H26Ti. The molecule has 0 nitrogen and oxygen atoms in total. The Morgan fingerprint density at radius 2 is 1.42 bits per heavy atom. The molecule has 0 saturated heterocycles. The van der Waals surface area contributed by atoms with Gasteiger partial charge in [-0.25, -0.2) is 0 Å². The molecule has 0 aromatic carbocycles. The Labute approximate surface area is 127 Å².